The van der Waals surface area contributed by atoms with E-state index >= 15 is 0 Å². The highest BCUT2D eigenvalue weighted by Gasteiger charge is 2.12. The molecule has 2 heterocycles. The molecule has 0 bridgehead atoms. The van der Waals surface area contributed by atoms with Gasteiger partial charge in [-0.3, -0.25) is 15.1 Å². The minimum Gasteiger partial charge on any atom is -0.347 e. The third-order valence-corrected chi connectivity index (χ3v) is 4.24. The fraction of sp³-hybridized carbons (Fsp3) is 0.0588. The van der Waals surface area contributed by atoms with Gasteiger partial charge < -0.3 is 10.6 Å². The highest BCUT2D eigenvalue weighted by atomic mass is 35.5. The monoisotopic (exact) mass is 387 g/mol. The van der Waals surface area contributed by atoms with E-state index in [1.54, 1.807) is 48.1 Å². The highest BCUT2D eigenvalue weighted by Crippen LogP contribution is 2.17. The molecule has 3 rings (SSSR count). The van der Waals surface area contributed by atoms with Crippen LogP contribution in [0.5, 0.6) is 0 Å². The first-order chi connectivity index (χ1) is 12.6. The number of halogens is 1. The Bertz CT molecular complexity index is 899. The Balaban J connectivity index is 1.52. The van der Waals surface area contributed by atoms with Crippen molar-refractivity contribution < 1.29 is 9.59 Å². The quantitative estimate of drug-likeness (QED) is 0.621. The number of benzene rings is 1. The molecule has 0 atom stereocenters. The van der Waals surface area contributed by atoms with Crippen LogP contribution in [0.15, 0.2) is 54.2 Å². The van der Waals surface area contributed by atoms with Gasteiger partial charge in [0.25, 0.3) is 5.91 Å². The number of carbonyl (C=O) groups excluding carboxylic acids is 2. The summed E-state index contributed by atoms with van der Waals surface area (Å²) in [5.74, 6) is -0.323. The molecule has 0 unspecified atom stereocenters. The normalized spacial score (nSPS) is 10.2. The number of pyridine rings is 1. The number of anilines is 2. The number of hydrogen-bond donors (Lipinski definition) is 3. The molecule has 0 saturated carbocycles. The Hall–Kier alpha value is -2.97. The Labute approximate surface area is 158 Å². The summed E-state index contributed by atoms with van der Waals surface area (Å²) in [6.07, 6.45) is 3.34. The lowest BCUT2D eigenvalue weighted by molar-refractivity contribution is 0.0946. The van der Waals surface area contributed by atoms with Crippen LogP contribution in [0.25, 0.3) is 0 Å². The molecule has 132 valence electrons. The second-order valence-corrected chi connectivity index (χ2v) is 6.46. The molecule has 3 aromatic rings. The number of aromatic nitrogens is 2. The first kappa shape index (κ1) is 17.8. The van der Waals surface area contributed by atoms with Crippen LogP contribution in [0.2, 0.25) is 5.02 Å². The summed E-state index contributed by atoms with van der Waals surface area (Å²) in [7, 11) is 0. The van der Waals surface area contributed by atoms with Crippen molar-refractivity contribution in [2.75, 3.05) is 10.6 Å². The smallest absolute Gasteiger partial charge is 0.325 e. The number of hydrogen-bond acceptors (Lipinski definition) is 5. The van der Waals surface area contributed by atoms with Crippen molar-refractivity contribution in [1.82, 2.24) is 15.3 Å². The van der Waals surface area contributed by atoms with Crippen LogP contribution in [-0.2, 0) is 6.54 Å². The van der Waals surface area contributed by atoms with Gasteiger partial charge in [-0.1, -0.05) is 17.7 Å². The maximum absolute atomic E-state index is 12.1. The SMILES string of the molecule is O=C(Nc1ccc(Cl)cc1)Nc1nc(C(=O)NCc2cccnc2)cs1. The number of rotatable bonds is 5. The van der Waals surface area contributed by atoms with Crippen molar-refractivity contribution in [1.29, 1.82) is 0 Å². The predicted octanol–water partition coefficient (Wildman–Crippen LogP) is 3.77. The Morgan fingerprint density at radius 2 is 1.92 bits per heavy atom. The van der Waals surface area contributed by atoms with Gasteiger partial charge in [0, 0.05) is 35.0 Å². The number of nitrogens with one attached hydrogen (secondary N) is 3. The van der Waals surface area contributed by atoms with Crippen LogP contribution in [0.4, 0.5) is 15.6 Å². The molecule has 26 heavy (non-hydrogen) atoms. The van der Waals surface area contributed by atoms with E-state index in [1.807, 2.05) is 6.07 Å². The summed E-state index contributed by atoms with van der Waals surface area (Å²) in [4.78, 5) is 32.2. The lowest BCUT2D eigenvalue weighted by Crippen LogP contribution is -2.23. The van der Waals surface area contributed by atoms with Gasteiger partial charge in [0.2, 0.25) is 0 Å². The van der Waals surface area contributed by atoms with E-state index in [1.165, 1.54) is 0 Å². The molecule has 3 N–H and O–H groups in total. The molecule has 2 aromatic heterocycles. The zero-order valence-electron chi connectivity index (χ0n) is 13.4. The van der Waals surface area contributed by atoms with Gasteiger partial charge in [-0.2, -0.15) is 0 Å². The molecule has 7 nitrogen and oxygen atoms in total. The Morgan fingerprint density at radius 1 is 1.12 bits per heavy atom. The van der Waals surface area contributed by atoms with Crippen LogP contribution < -0.4 is 16.0 Å². The van der Waals surface area contributed by atoms with Crippen LogP contribution >= 0.6 is 22.9 Å². The first-order valence-corrected chi connectivity index (χ1v) is 8.82. The molecule has 0 aliphatic carbocycles. The lowest BCUT2D eigenvalue weighted by atomic mass is 10.3. The number of urea groups is 1. The van der Waals surface area contributed by atoms with Crippen molar-refractivity contribution in [3.63, 3.8) is 0 Å². The predicted molar refractivity (Wildman–Crippen MR) is 102 cm³/mol. The zero-order valence-corrected chi connectivity index (χ0v) is 15.0. The molecule has 0 aliphatic heterocycles. The molecule has 0 spiro atoms. The molecule has 1 aromatic carbocycles. The summed E-state index contributed by atoms with van der Waals surface area (Å²) in [6, 6.07) is 9.91. The molecule has 0 fully saturated rings. The van der Waals surface area contributed by atoms with Gasteiger partial charge >= 0.3 is 6.03 Å². The van der Waals surface area contributed by atoms with Gasteiger partial charge in [-0.05, 0) is 35.9 Å². The van der Waals surface area contributed by atoms with E-state index in [0.717, 1.165) is 16.9 Å². The third-order valence-electron chi connectivity index (χ3n) is 3.24. The van der Waals surface area contributed by atoms with Crippen molar-refractivity contribution in [3.8, 4) is 0 Å². The summed E-state index contributed by atoms with van der Waals surface area (Å²) in [5.41, 5.74) is 1.72. The molecule has 0 radical (unpaired) electrons. The number of carbonyl (C=O) groups is 2. The van der Waals surface area contributed by atoms with Gasteiger partial charge in [0.1, 0.15) is 5.69 Å². The van der Waals surface area contributed by atoms with E-state index < -0.39 is 6.03 Å². The molecule has 9 heteroatoms. The van der Waals surface area contributed by atoms with Crippen molar-refractivity contribution in [3.05, 3.63) is 70.5 Å². The van der Waals surface area contributed by atoms with Crippen molar-refractivity contribution in [2.45, 2.75) is 6.54 Å². The Kier molecular flexibility index (Phi) is 5.77. The van der Waals surface area contributed by atoms with Crippen LogP contribution in [0.3, 0.4) is 0 Å². The summed E-state index contributed by atoms with van der Waals surface area (Å²) < 4.78 is 0. The van der Waals surface area contributed by atoms with Crippen LogP contribution in [0, 0.1) is 0 Å². The van der Waals surface area contributed by atoms with Crippen LogP contribution in [0.1, 0.15) is 16.1 Å². The van der Waals surface area contributed by atoms with E-state index in [2.05, 4.69) is 25.9 Å². The summed E-state index contributed by atoms with van der Waals surface area (Å²) in [5, 5.41) is 10.5. The topological polar surface area (TPSA) is 96.0 Å². The molecule has 0 aliphatic rings. The standard InChI is InChI=1S/C17H14ClN5O2S/c18-12-3-5-13(6-4-12)21-16(25)23-17-22-14(10-26-17)15(24)20-9-11-2-1-7-19-8-11/h1-8,10H,9H2,(H,20,24)(H2,21,22,23,25). The lowest BCUT2D eigenvalue weighted by Gasteiger charge is -2.05. The highest BCUT2D eigenvalue weighted by molar-refractivity contribution is 7.14. The number of thiazole rings is 1. The molecular formula is C17H14ClN5O2S. The van der Waals surface area contributed by atoms with E-state index in [9.17, 15) is 9.59 Å². The molecule has 0 saturated heterocycles. The fourth-order valence-corrected chi connectivity index (χ4v) is 2.82. The second-order valence-electron chi connectivity index (χ2n) is 5.17. The second kappa shape index (κ2) is 8.41. The number of amides is 3. The zero-order chi connectivity index (χ0) is 18.4. The Morgan fingerprint density at radius 3 is 2.65 bits per heavy atom. The third kappa shape index (κ3) is 5.01. The van der Waals surface area contributed by atoms with Crippen molar-refractivity contribution in [2.24, 2.45) is 0 Å². The maximum Gasteiger partial charge on any atom is 0.325 e. The van der Waals surface area contributed by atoms with Gasteiger partial charge in [0.15, 0.2) is 5.13 Å². The summed E-state index contributed by atoms with van der Waals surface area (Å²) >= 11 is 6.96. The molecular weight excluding hydrogens is 374 g/mol. The average molecular weight is 388 g/mol. The minimum absolute atomic E-state index is 0.237. The van der Waals surface area contributed by atoms with Crippen LogP contribution in [-0.4, -0.2) is 21.9 Å². The van der Waals surface area contributed by atoms with E-state index in [-0.39, 0.29) is 11.6 Å². The van der Waals surface area contributed by atoms with Gasteiger partial charge in [-0.15, -0.1) is 11.3 Å². The summed E-state index contributed by atoms with van der Waals surface area (Å²) in [6.45, 7) is 0.351. The largest absolute Gasteiger partial charge is 0.347 e. The van der Waals surface area contributed by atoms with Crippen molar-refractivity contribution >= 4 is 45.7 Å². The maximum atomic E-state index is 12.1. The minimum atomic E-state index is -0.455. The molecule has 3 amide bonds. The number of nitrogens with zero attached hydrogens (tertiary/aromatic N) is 2. The van der Waals surface area contributed by atoms with Gasteiger partial charge in [0.05, 0.1) is 0 Å². The fourth-order valence-electron chi connectivity index (χ4n) is 2.00. The first-order valence-electron chi connectivity index (χ1n) is 7.56. The van der Waals surface area contributed by atoms with E-state index in [0.29, 0.717) is 22.4 Å². The van der Waals surface area contributed by atoms with Gasteiger partial charge in [-0.25, -0.2) is 9.78 Å². The van der Waals surface area contributed by atoms with E-state index in [4.69, 9.17) is 11.6 Å². The average Bonchev–Trinajstić information content (AvgIpc) is 3.11.